The molecule has 0 radical (unpaired) electrons. The molecule has 0 aliphatic carbocycles. The van der Waals surface area contributed by atoms with Gasteiger partial charge >= 0.3 is 0 Å². The van der Waals surface area contributed by atoms with E-state index < -0.39 is 10.1 Å². The topological polar surface area (TPSA) is 52.6 Å². The lowest BCUT2D eigenvalue weighted by molar-refractivity contribution is 0.0827. The normalized spacial score (nSPS) is 42.9. The van der Waals surface area contributed by atoms with E-state index in [4.69, 9.17) is 8.92 Å². The van der Waals surface area contributed by atoms with Crippen molar-refractivity contribution in [3.8, 4) is 0 Å². The van der Waals surface area contributed by atoms with Crippen LogP contribution in [0.2, 0.25) is 0 Å². The molecule has 0 spiro atoms. The molecule has 2 aliphatic heterocycles. The monoisotopic (exact) mass is 204 g/mol. The molecule has 0 aromatic carbocycles. The van der Waals surface area contributed by atoms with Crippen LogP contribution < -0.4 is 0 Å². The van der Waals surface area contributed by atoms with Gasteiger partial charge in [0.2, 0.25) is 0 Å². The van der Waals surface area contributed by atoms with Crippen molar-refractivity contribution in [1.29, 1.82) is 0 Å². The van der Waals surface area contributed by atoms with Crippen molar-refractivity contribution in [1.82, 2.24) is 0 Å². The fraction of sp³-hybridized carbons (Fsp3) is 0.750. The van der Waals surface area contributed by atoms with Crippen molar-refractivity contribution in [2.45, 2.75) is 25.2 Å². The molecule has 4 unspecified atom stereocenters. The highest BCUT2D eigenvalue weighted by atomic mass is 32.2. The summed E-state index contributed by atoms with van der Waals surface area (Å²) in [5.41, 5.74) is 0. The van der Waals surface area contributed by atoms with E-state index in [1.54, 1.807) is 0 Å². The predicted octanol–water partition coefficient (Wildman–Crippen LogP) is 0.304. The minimum absolute atomic E-state index is 0.0248. The summed E-state index contributed by atoms with van der Waals surface area (Å²) in [6.07, 6.45) is 4.38. The number of hydrogen-bond acceptors (Lipinski definition) is 4. The molecule has 2 heterocycles. The van der Waals surface area contributed by atoms with Gasteiger partial charge in [0, 0.05) is 5.92 Å². The van der Waals surface area contributed by atoms with Crippen molar-refractivity contribution in [2.24, 2.45) is 5.92 Å². The van der Waals surface area contributed by atoms with Gasteiger partial charge in [-0.3, -0.25) is 4.18 Å². The van der Waals surface area contributed by atoms with E-state index in [0.29, 0.717) is 0 Å². The molecule has 2 bridgehead atoms. The second kappa shape index (κ2) is 2.80. The molecule has 2 aliphatic rings. The van der Waals surface area contributed by atoms with Crippen LogP contribution in [0.3, 0.4) is 0 Å². The van der Waals surface area contributed by atoms with Crippen LogP contribution in [0.15, 0.2) is 12.2 Å². The Hall–Kier alpha value is -0.390. The molecule has 0 amide bonds. The Morgan fingerprint density at radius 2 is 1.92 bits per heavy atom. The maximum atomic E-state index is 10.9. The Kier molecular flexibility index (Phi) is 1.98. The molecule has 0 aromatic rings. The third kappa shape index (κ3) is 1.63. The summed E-state index contributed by atoms with van der Waals surface area (Å²) in [5, 5.41) is 0. The van der Waals surface area contributed by atoms with Gasteiger partial charge < -0.3 is 4.74 Å². The Morgan fingerprint density at radius 3 is 2.38 bits per heavy atom. The predicted molar refractivity (Wildman–Crippen MR) is 46.7 cm³/mol. The first-order chi connectivity index (χ1) is 5.97. The van der Waals surface area contributed by atoms with Crippen LogP contribution in [0.4, 0.5) is 0 Å². The van der Waals surface area contributed by atoms with Crippen LogP contribution >= 0.6 is 0 Å². The van der Waals surface area contributed by atoms with E-state index in [0.717, 1.165) is 6.26 Å². The molecule has 0 N–H and O–H groups in total. The van der Waals surface area contributed by atoms with Gasteiger partial charge in [0.25, 0.3) is 10.1 Å². The highest BCUT2D eigenvalue weighted by molar-refractivity contribution is 7.86. The Balaban J connectivity index is 2.14. The van der Waals surface area contributed by atoms with Crippen LogP contribution in [-0.2, 0) is 19.0 Å². The van der Waals surface area contributed by atoms with Gasteiger partial charge in [-0.2, -0.15) is 8.42 Å². The van der Waals surface area contributed by atoms with Crippen molar-refractivity contribution in [3.63, 3.8) is 0 Å². The standard InChI is InChI=1S/C8H12O4S/c1-5-6-3-4-7(11-6)8(5)12-13(2,9)10/h3-8H,1-2H3. The van der Waals surface area contributed by atoms with Crippen LogP contribution in [-0.4, -0.2) is 33.0 Å². The molecule has 2 rings (SSSR count). The summed E-state index contributed by atoms with van der Waals surface area (Å²) < 4.78 is 32.2. The zero-order chi connectivity index (χ0) is 9.64. The highest BCUT2D eigenvalue weighted by Crippen LogP contribution is 2.36. The van der Waals surface area contributed by atoms with E-state index in [-0.39, 0.29) is 24.2 Å². The van der Waals surface area contributed by atoms with E-state index >= 15 is 0 Å². The molecule has 4 nitrogen and oxygen atoms in total. The zero-order valence-corrected chi connectivity index (χ0v) is 8.32. The molecule has 4 atom stereocenters. The zero-order valence-electron chi connectivity index (χ0n) is 7.51. The molecule has 0 saturated carbocycles. The van der Waals surface area contributed by atoms with E-state index in [9.17, 15) is 8.42 Å². The van der Waals surface area contributed by atoms with Gasteiger partial charge in [-0.15, -0.1) is 0 Å². The summed E-state index contributed by atoms with van der Waals surface area (Å²) in [4.78, 5) is 0. The first-order valence-corrected chi connectivity index (χ1v) is 6.01. The van der Waals surface area contributed by atoms with Gasteiger partial charge in [0.05, 0.1) is 12.4 Å². The maximum Gasteiger partial charge on any atom is 0.264 e. The lowest BCUT2D eigenvalue weighted by Gasteiger charge is -2.20. The van der Waals surface area contributed by atoms with E-state index in [1.807, 2.05) is 19.1 Å². The number of fused-ring (bicyclic) bond motifs is 2. The highest BCUT2D eigenvalue weighted by Gasteiger charge is 2.45. The second-order valence-corrected chi connectivity index (χ2v) is 5.17. The fourth-order valence-corrected chi connectivity index (χ4v) is 2.50. The third-order valence-corrected chi connectivity index (χ3v) is 3.02. The lowest BCUT2D eigenvalue weighted by Crippen LogP contribution is -2.32. The van der Waals surface area contributed by atoms with Gasteiger partial charge in [-0.05, 0) is 0 Å². The summed E-state index contributed by atoms with van der Waals surface area (Å²) in [7, 11) is -3.38. The van der Waals surface area contributed by atoms with Crippen LogP contribution in [0.1, 0.15) is 6.92 Å². The van der Waals surface area contributed by atoms with Crippen molar-refractivity contribution >= 4 is 10.1 Å². The molecule has 13 heavy (non-hydrogen) atoms. The first kappa shape index (κ1) is 9.18. The van der Waals surface area contributed by atoms with Crippen LogP contribution in [0, 0.1) is 5.92 Å². The molecule has 74 valence electrons. The van der Waals surface area contributed by atoms with Crippen LogP contribution in [0.5, 0.6) is 0 Å². The quantitative estimate of drug-likeness (QED) is 0.479. The van der Waals surface area contributed by atoms with E-state index in [2.05, 4.69) is 0 Å². The summed E-state index contributed by atoms with van der Waals surface area (Å²) in [5.74, 6) is 0.115. The van der Waals surface area contributed by atoms with Gasteiger partial charge in [-0.25, -0.2) is 0 Å². The summed E-state index contributed by atoms with van der Waals surface area (Å²) >= 11 is 0. The Bertz CT molecular complexity index is 332. The smallest absolute Gasteiger partial charge is 0.264 e. The SMILES string of the molecule is CC1C2C=CC(O2)C1OS(C)(=O)=O. The van der Waals surface area contributed by atoms with Gasteiger partial charge in [0.15, 0.2) is 0 Å². The van der Waals surface area contributed by atoms with E-state index in [1.165, 1.54) is 0 Å². The molecule has 0 aromatic heterocycles. The third-order valence-electron chi connectivity index (χ3n) is 2.45. The molecule has 1 fully saturated rings. The second-order valence-electron chi connectivity index (χ2n) is 3.57. The first-order valence-electron chi connectivity index (χ1n) is 4.19. The minimum atomic E-state index is -3.38. The number of rotatable bonds is 2. The summed E-state index contributed by atoms with van der Waals surface area (Å²) in [6, 6.07) is 0. The number of hydrogen-bond donors (Lipinski definition) is 0. The van der Waals surface area contributed by atoms with Crippen molar-refractivity contribution in [2.75, 3.05) is 6.26 Å². The minimum Gasteiger partial charge on any atom is -0.364 e. The Labute approximate surface area is 77.7 Å². The largest absolute Gasteiger partial charge is 0.364 e. The van der Waals surface area contributed by atoms with Gasteiger partial charge in [0.1, 0.15) is 12.2 Å². The molecular formula is C8H12O4S. The van der Waals surface area contributed by atoms with Gasteiger partial charge in [-0.1, -0.05) is 19.1 Å². The molecule has 1 saturated heterocycles. The summed E-state index contributed by atoms with van der Waals surface area (Å²) in [6.45, 7) is 1.93. The average Bonchev–Trinajstić information content (AvgIpc) is 2.51. The fourth-order valence-electron chi connectivity index (χ4n) is 1.81. The average molecular weight is 204 g/mol. The van der Waals surface area contributed by atoms with Crippen molar-refractivity contribution < 1.29 is 17.3 Å². The molecular weight excluding hydrogens is 192 g/mol. The Morgan fingerprint density at radius 1 is 1.31 bits per heavy atom. The maximum absolute atomic E-state index is 10.9. The van der Waals surface area contributed by atoms with Crippen LogP contribution in [0.25, 0.3) is 0 Å². The lowest BCUT2D eigenvalue weighted by atomic mass is 9.93. The number of ether oxygens (including phenoxy) is 1. The molecule has 5 heteroatoms. The van der Waals surface area contributed by atoms with Crippen molar-refractivity contribution in [3.05, 3.63) is 12.2 Å².